The fourth-order valence-corrected chi connectivity index (χ4v) is 2.47. The number of carboxylic acids is 1. The summed E-state index contributed by atoms with van der Waals surface area (Å²) in [5, 5.41) is 8.43. The second kappa shape index (κ2) is 5.31. The van der Waals surface area contributed by atoms with Crippen molar-refractivity contribution in [1.29, 1.82) is 0 Å². The molecule has 0 aliphatic rings. The Morgan fingerprint density at radius 3 is 2.44 bits per heavy atom. The first-order valence-electron chi connectivity index (χ1n) is 4.85. The maximum absolute atomic E-state index is 12.4. The number of aromatic carboxylic acids is 1. The van der Waals surface area contributed by atoms with Crippen LogP contribution in [0, 0.1) is 0 Å². The van der Waals surface area contributed by atoms with E-state index >= 15 is 0 Å². The van der Waals surface area contributed by atoms with Crippen LogP contribution in [0.1, 0.15) is 23.5 Å². The van der Waals surface area contributed by atoms with Crippen molar-refractivity contribution in [2.75, 3.05) is 11.4 Å². The first-order valence-corrected chi connectivity index (χ1v) is 6.04. The topological polar surface area (TPSA) is 53.4 Å². The maximum Gasteiger partial charge on any atom is 0.406 e. The monoisotopic (exact) mass is 302 g/mol. The summed E-state index contributed by atoms with van der Waals surface area (Å²) in [5.41, 5.74) is 0. The van der Waals surface area contributed by atoms with E-state index in [1.165, 1.54) is 0 Å². The number of anilines is 1. The van der Waals surface area contributed by atoms with E-state index in [0.29, 0.717) is 11.3 Å². The van der Waals surface area contributed by atoms with Crippen LogP contribution in [-0.4, -0.2) is 34.8 Å². The number of halogens is 4. The molecule has 0 fully saturated rings. The first-order chi connectivity index (χ1) is 8.11. The summed E-state index contributed by atoms with van der Waals surface area (Å²) in [6.07, 6.45) is -4.40. The van der Waals surface area contributed by atoms with Crippen molar-refractivity contribution < 1.29 is 23.1 Å². The molecule has 0 radical (unpaired) electrons. The Balaban J connectivity index is 3.07. The third kappa shape index (κ3) is 3.74. The van der Waals surface area contributed by atoms with E-state index in [1.807, 2.05) is 0 Å². The summed E-state index contributed by atoms with van der Waals surface area (Å²) in [7, 11) is 0. The third-order valence-electron chi connectivity index (χ3n) is 1.99. The zero-order valence-electron chi connectivity index (χ0n) is 9.45. The highest BCUT2D eigenvalue weighted by atomic mass is 35.5. The van der Waals surface area contributed by atoms with Crippen LogP contribution >= 0.6 is 22.9 Å². The first kappa shape index (κ1) is 15.0. The third-order valence-corrected chi connectivity index (χ3v) is 3.45. The number of rotatable bonds is 4. The Bertz CT molecular complexity index is 448. The van der Waals surface area contributed by atoms with Crippen LogP contribution in [0.25, 0.3) is 0 Å². The molecule has 9 heteroatoms. The van der Waals surface area contributed by atoms with Gasteiger partial charge >= 0.3 is 12.1 Å². The average Bonchev–Trinajstić information content (AvgIpc) is 2.54. The van der Waals surface area contributed by atoms with Crippen molar-refractivity contribution in [2.45, 2.75) is 26.1 Å². The number of thiazole rings is 1. The van der Waals surface area contributed by atoms with Crippen LogP contribution in [0.5, 0.6) is 0 Å². The molecule has 1 heterocycles. The summed E-state index contributed by atoms with van der Waals surface area (Å²) in [5.74, 6) is -1.31. The summed E-state index contributed by atoms with van der Waals surface area (Å²) in [6, 6.07) is -0.476. The summed E-state index contributed by atoms with van der Waals surface area (Å²) < 4.78 is 37.2. The fourth-order valence-electron chi connectivity index (χ4n) is 1.21. The molecule has 0 aliphatic heterocycles. The molecule has 0 saturated heterocycles. The van der Waals surface area contributed by atoms with Gasteiger partial charge < -0.3 is 10.0 Å². The van der Waals surface area contributed by atoms with Crippen LogP contribution in [-0.2, 0) is 0 Å². The van der Waals surface area contributed by atoms with Crippen molar-refractivity contribution in [2.24, 2.45) is 0 Å². The van der Waals surface area contributed by atoms with Crippen molar-refractivity contribution in [3.05, 3.63) is 10.0 Å². The van der Waals surface area contributed by atoms with E-state index in [4.69, 9.17) is 16.7 Å². The number of alkyl halides is 3. The van der Waals surface area contributed by atoms with Gasteiger partial charge in [-0.3, -0.25) is 0 Å². The molecule has 0 atom stereocenters. The van der Waals surface area contributed by atoms with Gasteiger partial charge in [0.15, 0.2) is 15.2 Å². The Kier molecular flexibility index (Phi) is 4.44. The number of nitrogens with zero attached hydrogens (tertiary/aromatic N) is 2. The molecule has 4 nitrogen and oxygen atoms in total. The van der Waals surface area contributed by atoms with Gasteiger partial charge in [-0.15, -0.1) is 0 Å². The van der Waals surface area contributed by atoms with E-state index in [1.54, 1.807) is 13.8 Å². The molecule has 0 aliphatic carbocycles. The average molecular weight is 303 g/mol. The van der Waals surface area contributed by atoms with E-state index < -0.39 is 24.7 Å². The Morgan fingerprint density at radius 1 is 1.56 bits per heavy atom. The zero-order chi connectivity index (χ0) is 14.1. The highest BCUT2D eigenvalue weighted by Gasteiger charge is 2.34. The molecule has 0 bridgehead atoms. The number of carbonyl (C=O) groups is 1. The van der Waals surface area contributed by atoms with E-state index in [9.17, 15) is 18.0 Å². The molecule has 1 rings (SSSR count). The number of hydrogen-bond donors (Lipinski definition) is 1. The molecular weight excluding hydrogens is 293 g/mol. The lowest BCUT2D eigenvalue weighted by Crippen LogP contribution is -2.39. The fraction of sp³-hybridized carbons (Fsp3) is 0.556. The van der Waals surface area contributed by atoms with Crippen LogP contribution in [0.4, 0.5) is 18.3 Å². The van der Waals surface area contributed by atoms with E-state index in [2.05, 4.69) is 4.98 Å². The Labute approximate surface area is 110 Å². The smallest absolute Gasteiger partial charge is 0.406 e. The molecule has 0 saturated carbocycles. The van der Waals surface area contributed by atoms with Gasteiger partial charge in [0, 0.05) is 6.04 Å². The van der Waals surface area contributed by atoms with Gasteiger partial charge in [-0.2, -0.15) is 13.2 Å². The SMILES string of the molecule is CC(C)N(CC(F)(F)F)c1nc(Cl)c(C(=O)O)s1. The Hall–Kier alpha value is -1.02. The van der Waals surface area contributed by atoms with Crippen LogP contribution in [0.15, 0.2) is 0 Å². The lowest BCUT2D eigenvalue weighted by atomic mass is 10.3. The molecule has 1 aromatic heterocycles. The zero-order valence-corrected chi connectivity index (χ0v) is 11.0. The largest absolute Gasteiger partial charge is 0.477 e. The molecule has 0 amide bonds. The summed E-state index contributed by atoms with van der Waals surface area (Å²) in [4.78, 5) is 15.1. The number of carboxylic acid groups (broad SMARTS) is 1. The summed E-state index contributed by atoms with van der Waals surface area (Å²) in [6.45, 7) is 1.91. The number of hydrogen-bond acceptors (Lipinski definition) is 4. The molecular formula is C9H10ClF3N2O2S. The van der Waals surface area contributed by atoms with Crippen molar-refractivity contribution in [3.63, 3.8) is 0 Å². The van der Waals surface area contributed by atoms with Gasteiger partial charge in [0.1, 0.15) is 6.54 Å². The second-order valence-electron chi connectivity index (χ2n) is 3.76. The minimum Gasteiger partial charge on any atom is -0.477 e. The standard InChI is InChI=1S/C9H10ClF3N2O2S/c1-4(2)15(3-9(11,12)13)8-14-6(10)5(18-8)7(16)17/h4H,3H2,1-2H3,(H,16,17). The van der Waals surface area contributed by atoms with Gasteiger partial charge in [0.25, 0.3) is 0 Å². The Morgan fingerprint density at radius 2 is 2.11 bits per heavy atom. The lowest BCUT2D eigenvalue weighted by molar-refractivity contribution is -0.120. The van der Waals surface area contributed by atoms with E-state index in [-0.39, 0.29) is 15.2 Å². The minimum atomic E-state index is -4.40. The van der Waals surface area contributed by atoms with E-state index in [0.717, 1.165) is 4.90 Å². The molecule has 0 unspecified atom stereocenters. The lowest BCUT2D eigenvalue weighted by Gasteiger charge is -2.26. The minimum absolute atomic E-state index is 0.0512. The predicted molar refractivity (Wildman–Crippen MR) is 62.6 cm³/mol. The molecule has 102 valence electrons. The van der Waals surface area contributed by atoms with Gasteiger partial charge in [-0.25, -0.2) is 9.78 Å². The highest BCUT2D eigenvalue weighted by molar-refractivity contribution is 7.18. The van der Waals surface area contributed by atoms with Crippen LogP contribution < -0.4 is 4.90 Å². The molecule has 0 aromatic carbocycles. The summed E-state index contributed by atoms with van der Waals surface area (Å²) >= 11 is 6.20. The normalized spacial score (nSPS) is 11.9. The maximum atomic E-state index is 12.4. The van der Waals surface area contributed by atoms with Crippen LogP contribution in [0.3, 0.4) is 0 Å². The van der Waals surface area contributed by atoms with Gasteiger partial charge in [0.2, 0.25) is 0 Å². The van der Waals surface area contributed by atoms with Crippen LogP contribution in [0.2, 0.25) is 5.15 Å². The second-order valence-corrected chi connectivity index (χ2v) is 5.09. The molecule has 1 N–H and O–H groups in total. The quantitative estimate of drug-likeness (QED) is 0.927. The molecule has 0 spiro atoms. The van der Waals surface area contributed by atoms with Crippen molar-refractivity contribution in [1.82, 2.24) is 4.98 Å². The van der Waals surface area contributed by atoms with Crippen molar-refractivity contribution >= 4 is 34.0 Å². The van der Waals surface area contributed by atoms with Crippen molar-refractivity contribution in [3.8, 4) is 0 Å². The van der Waals surface area contributed by atoms with Gasteiger partial charge in [-0.1, -0.05) is 22.9 Å². The molecule has 1 aromatic rings. The highest BCUT2D eigenvalue weighted by Crippen LogP contribution is 2.32. The van der Waals surface area contributed by atoms with Gasteiger partial charge in [-0.05, 0) is 13.8 Å². The predicted octanol–water partition coefficient (Wildman–Crippen LogP) is 3.27. The molecule has 18 heavy (non-hydrogen) atoms. The number of aromatic nitrogens is 1. The van der Waals surface area contributed by atoms with Gasteiger partial charge in [0.05, 0.1) is 0 Å².